The van der Waals surface area contributed by atoms with E-state index < -0.39 is 0 Å². The minimum absolute atomic E-state index is 0.0102. The van der Waals surface area contributed by atoms with Gasteiger partial charge < -0.3 is 10.2 Å². The van der Waals surface area contributed by atoms with Crippen LogP contribution in [0.1, 0.15) is 31.1 Å². The van der Waals surface area contributed by atoms with Crippen LogP contribution < -0.4 is 5.73 Å². The lowest BCUT2D eigenvalue weighted by atomic mass is 10.1. The van der Waals surface area contributed by atoms with Crippen LogP contribution in [0.2, 0.25) is 5.02 Å². The maximum atomic E-state index is 6.11. The Morgan fingerprint density at radius 3 is 2.94 bits per heavy atom. The Kier molecular flexibility index (Phi) is 2.41. The van der Waals surface area contributed by atoms with Gasteiger partial charge >= 0.3 is 0 Å². The van der Waals surface area contributed by atoms with E-state index in [2.05, 4.69) is 0 Å². The molecule has 2 nitrogen and oxygen atoms in total. The molecule has 0 aliphatic heterocycles. The van der Waals surface area contributed by atoms with Crippen LogP contribution in [-0.2, 0) is 0 Å². The first-order valence-corrected chi connectivity index (χ1v) is 6.05. The quantitative estimate of drug-likeness (QED) is 0.877. The maximum absolute atomic E-state index is 6.11. The molecule has 0 radical (unpaired) electrons. The number of furan rings is 1. The van der Waals surface area contributed by atoms with E-state index in [1.165, 1.54) is 12.8 Å². The number of rotatable bonds is 3. The van der Waals surface area contributed by atoms with Crippen molar-refractivity contribution in [1.29, 1.82) is 0 Å². The predicted molar refractivity (Wildman–Crippen MR) is 65.5 cm³/mol. The molecule has 1 fully saturated rings. The van der Waals surface area contributed by atoms with Crippen molar-refractivity contribution in [2.75, 3.05) is 0 Å². The third kappa shape index (κ3) is 1.83. The molecule has 3 heteroatoms. The van der Waals surface area contributed by atoms with E-state index in [0.29, 0.717) is 0 Å². The molecule has 84 valence electrons. The summed E-state index contributed by atoms with van der Waals surface area (Å²) in [4.78, 5) is 0. The number of halogens is 1. The van der Waals surface area contributed by atoms with E-state index in [-0.39, 0.29) is 6.04 Å². The van der Waals surface area contributed by atoms with Crippen LogP contribution in [0.4, 0.5) is 0 Å². The lowest BCUT2D eigenvalue weighted by molar-refractivity contribution is 0.463. The summed E-state index contributed by atoms with van der Waals surface area (Å²) in [5.74, 6) is 1.66. The molecule has 0 saturated heterocycles. The van der Waals surface area contributed by atoms with Gasteiger partial charge in [0.2, 0.25) is 0 Å². The molecule has 0 bridgehead atoms. The van der Waals surface area contributed by atoms with E-state index in [0.717, 1.165) is 34.1 Å². The van der Waals surface area contributed by atoms with Gasteiger partial charge in [-0.25, -0.2) is 0 Å². The Balaban J connectivity index is 1.94. The largest absolute Gasteiger partial charge is 0.459 e. The smallest absolute Gasteiger partial charge is 0.135 e. The first kappa shape index (κ1) is 10.2. The zero-order chi connectivity index (χ0) is 11.1. The molecule has 1 aromatic heterocycles. The van der Waals surface area contributed by atoms with Crippen molar-refractivity contribution in [3.8, 4) is 0 Å². The zero-order valence-electron chi connectivity index (χ0n) is 8.95. The second-order valence-electron chi connectivity index (χ2n) is 4.59. The molecule has 0 spiro atoms. The van der Waals surface area contributed by atoms with Gasteiger partial charge in [-0.1, -0.05) is 30.5 Å². The highest BCUT2D eigenvalue weighted by Gasteiger charge is 2.26. The van der Waals surface area contributed by atoms with Gasteiger partial charge in [0.05, 0.1) is 11.1 Å². The molecule has 1 heterocycles. The van der Waals surface area contributed by atoms with Crippen molar-refractivity contribution in [3.63, 3.8) is 0 Å². The molecule has 1 aliphatic carbocycles. The normalized spacial score (nSPS) is 17.9. The molecule has 2 N–H and O–H groups in total. The fourth-order valence-corrected chi connectivity index (χ4v) is 2.28. The molecule has 1 unspecified atom stereocenters. The number of benzene rings is 1. The van der Waals surface area contributed by atoms with E-state index in [1.54, 1.807) is 0 Å². The van der Waals surface area contributed by atoms with Gasteiger partial charge in [-0.3, -0.25) is 0 Å². The molecule has 16 heavy (non-hydrogen) atoms. The van der Waals surface area contributed by atoms with E-state index in [1.807, 2.05) is 24.3 Å². The van der Waals surface area contributed by atoms with Crippen LogP contribution in [0.5, 0.6) is 0 Å². The summed E-state index contributed by atoms with van der Waals surface area (Å²) in [6, 6.07) is 7.68. The fraction of sp³-hybridized carbons (Fsp3) is 0.385. The lowest BCUT2D eigenvalue weighted by Crippen LogP contribution is -2.09. The van der Waals surface area contributed by atoms with Crippen LogP contribution in [0.3, 0.4) is 0 Å². The van der Waals surface area contributed by atoms with E-state index in [4.69, 9.17) is 21.8 Å². The summed E-state index contributed by atoms with van der Waals surface area (Å²) < 4.78 is 5.73. The number of hydrogen-bond donors (Lipinski definition) is 1. The minimum atomic E-state index is 0.0102. The molecule has 1 saturated carbocycles. The first-order chi connectivity index (χ1) is 7.74. The molecule has 2 aromatic rings. The summed E-state index contributed by atoms with van der Waals surface area (Å²) >= 11 is 6.09. The van der Waals surface area contributed by atoms with Gasteiger partial charge in [0.1, 0.15) is 11.3 Å². The van der Waals surface area contributed by atoms with Crippen molar-refractivity contribution < 1.29 is 4.42 Å². The van der Waals surface area contributed by atoms with Gasteiger partial charge in [0, 0.05) is 5.39 Å². The molecule has 1 atom stereocenters. The van der Waals surface area contributed by atoms with Gasteiger partial charge in [0.25, 0.3) is 0 Å². The zero-order valence-corrected chi connectivity index (χ0v) is 9.70. The average molecular weight is 236 g/mol. The minimum Gasteiger partial charge on any atom is -0.459 e. The van der Waals surface area contributed by atoms with Crippen molar-refractivity contribution >= 4 is 22.6 Å². The third-order valence-electron chi connectivity index (χ3n) is 3.18. The summed E-state index contributed by atoms with van der Waals surface area (Å²) in [5, 5.41) is 1.69. The maximum Gasteiger partial charge on any atom is 0.135 e. The number of fused-ring (bicyclic) bond motifs is 1. The number of nitrogens with two attached hydrogens (primary N) is 1. The molecule has 1 aliphatic rings. The van der Waals surface area contributed by atoms with Gasteiger partial charge in [-0.2, -0.15) is 0 Å². The SMILES string of the molecule is NC(CC1CC1)c1cc2c(Cl)cccc2o1. The van der Waals surface area contributed by atoms with Crippen LogP contribution >= 0.6 is 11.6 Å². The second kappa shape index (κ2) is 3.79. The summed E-state index contributed by atoms with van der Waals surface area (Å²) in [7, 11) is 0. The topological polar surface area (TPSA) is 39.2 Å². The Labute approximate surface area is 99.4 Å². The van der Waals surface area contributed by atoms with Crippen molar-refractivity contribution in [2.24, 2.45) is 11.7 Å². The fourth-order valence-electron chi connectivity index (χ4n) is 2.06. The highest BCUT2D eigenvalue weighted by Crippen LogP contribution is 2.38. The molecule has 1 aromatic carbocycles. The Hall–Kier alpha value is -0.990. The van der Waals surface area contributed by atoms with Gasteiger partial charge in [-0.05, 0) is 30.5 Å². The Morgan fingerprint density at radius 2 is 2.25 bits per heavy atom. The van der Waals surface area contributed by atoms with Crippen LogP contribution in [0.15, 0.2) is 28.7 Å². The van der Waals surface area contributed by atoms with Gasteiger partial charge in [0.15, 0.2) is 0 Å². The highest BCUT2D eigenvalue weighted by molar-refractivity contribution is 6.35. The van der Waals surface area contributed by atoms with Crippen molar-refractivity contribution in [1.82, 2.24) is 0 Å². The molecular weight excluding hydrogens is 222 g/mol. The lowest BCUT2D eigenvalue weighted by Gasteiger charge is -2.06. The summed E-state index contributed by atoms with van der Waals surface area (Å²) in [6.45, 7) is 0. The highest BCUT2D eigenvalue weighted by atomic mass is 35.5. The molecule has 3 rings (SSSR count). The van der Waals surface area contributed by atoms with E-state index >= 15 is 0 Å². The summed E-state index contributed by atoms with van der Waals surface area (Å²) in [6.07, 6.45) is 3.65. The monoisotopic (exact) mass is 235 g/mol. The molecule has 0 amide bonds. The standard InChI is InChI=1S/C13H14ClNO/c14-10-2-1-3-12-9(10)7-13(16-12)11(15)6-8-4-5-8/h1-3,7-8,11H,4-6,15H2. The average Bonchev–Trinajstić information content (AvgIpc) is 2.95. The number of hydrogen-bond acceptors (Lipinski definition) is 2. The van der Waals surface area contributed by atoms with Crippen molar-refractivity contribution in [3.05, 3.63) is 35.0 Å². The Bertz CT molecular complexity index is 516. The Morgan fingerprint density at radius 1 is 1.44 bits per heavy atom. The summed E-state index contributed by atoms with van der Waals surface area (Å²) in [5.41, 5.74) is 6.94. The van der Waals surface area contributed by atoms with Gasteiger partial charge in [-0.15, -0.1) is 0 Å². The van der Waals surface area contributed by atoms with Crippen LogP contribution in [-0.4, -0.2) is 0 Å². The van der Waals surface area contributed by atoms with Crippen molar-refractivity contribution in [2.45, 2.75) is 25.3 Å². The van der Waals surface area contributed by atoms with E-state index in [9.17, 15) is 0 Å². The third-order valence-corrected chi connectivity index (χ3v) is 3.51. The predicted octanol–water partition coefficient (Wildman–Crippen LogP) is 3.89. The second-order valence-corrected chi connectivity index (χ2v) is 4.99. The van der Waals surface area contributed by atoms with Crippen LogP contribution in [0, 0.1) is 5.92 Å². The molecular formula is C13H14ClNO. The van der Waals surface area contributed by atoms with Crippen LogP contribution in [0.25, 0.3) is 11.0 Å². The first-order valence-electron chi connectivity index (χ1n) is 5.67.